The van der Waals surface area contributed by atoms with Gasteiger partial charge in [0.15, 0.2) is 6.19 Å². The highest BCUT2D eigenvalue weighted by atomic mass is 15.2. The molecule has 1 atom stereocenters. The lowest BCUT2D eigenvalue weighted by molar-refractivity contribution is 0.366. The predicted molar refractivity (Wildman–Crippen MR) is 84.9 cm³/mol. The van der Waals surface area contributed by atoms with E-state index in [4.69, 9.17) is 0 Å². The van der Waals surface area contributed by atoms with Gasteiger partial charge >= 0.3 is 0 Å². The molecule has 0 N–H and O–H groups in total. The van der Waals surface area contributed by atoms with Gasteiger partial charge in [-0.2, -0.15) is 5.26 Å². The number of hydrogen-bond acceptors (Lipinski definition) is 3. The van der Waals surface area contributed by atoms with Crippen molar-refractivity contribution in [3.8, 4) is 17.3 Å². The van der Waals surface area contributed by atoms with Crippen molar-refractivity contribution in [1.29, 1.82) is 5.26 Å². The summed E-state index contributed by atoms with van der Waals surface area (Å²) in [7, 11) is 0. The summed E-state index contributed by atoms with van der Waals surface area (Å²) in [6.07, 6.45) is 8.35. The van der Waals surface area contributed by atoms with Crippen LogP contribution in [0.15, 0.2) is 54.9 Å². The lowest BCUT2D eigenvalue weighted by atomic mass is 10.1. The quantitative estimate of drug-likeness (QED) is 0.676. The van der Waals surface area contributed by atoms with Crippen LogP contribution in [0.25, 0.3) is 16.8 Å². The third-order valence-corrected chi connectivity index (χ3v) is 4.37. The molecule has 2 aromatic heterocycles. The van der Waals surface area contributed by atoms with E-state index < -0.39 is 0 Å². The Morgan fingerprint density at radius 3 is 2.82 bits per heavy atom. The summed E-state index contributed by atoms with van der Waals surface area (Å²) >= 11 is 0. The predicted octanol–water partition coefficient (Wildman–Crippen LogP) is 3.62. The Labute approximate surface area is 129 Å². The second-order valence-electron chi connectivity index (χ2n) is 5.64. The Kier molecular flexibility index (Phi) is 3.05. The molecule has 1 aliphatic rings. The lowest BCUT2D eigenvalue weighted by Crippen LogP contribution is -2.18. The van der Waals surface area contributed by atoms with Crippen molar-refractivity contribution < 1.29 is 0 Å². The van der Waals surface area contributed by atoms with Gasteiger partial charge in [-0.25, -0.2) is 4.98 Å². The van der Waals surface area contributed by atoms with Gasteiger partial charge in [0, 0.05) is 12.7 Å². The average Bonchev–Trinajstić information content (AvgIpc) is 3.20. The number of benzene rings is 1. The smallest absolute Gasteiger partial charge is 0.179 e. The van der Waals surface area contributed by atoms with Gasteiger partial charge in [-0.15, -0.1) is 0 Å². The Bertz CT molecular complexity index is 844. The Balaban J connectivity index is 1.77. The zero-order chi connectivity index (χ0) is 14.9. The molecule has 0 radical (unpaired) electrons. The second kappa shape index (κ2) is 5.19. The first-order chi connectivity index (χ1) is 10.9. The van der Waals surface area contributed by atoms with Crippen LogP contribution in [0.4, 0.5) is 0 Å². The molecule has 1 aliphatic heterocycles. The average molecular weight is 288 g/mol. The van der Waals surface area contributed by atoms with Gasteiger partial charge in [-0.3, -0.25) is 0 Å². The highest BCUT2D eigenvalue weighted by Gasteiger charge is 2.27. The molecule has 0 spiro atoms. The van der Waals surface area contributed by atoms with Crippen molar-refractivity contribution in [2.45, 2.75) is 18.9 Å². The molecule has 0 aliphatic carbocycles. The molecule has 4 rings (SSSR count). The summed E-state index contributed by atoms with van der Waals surface area (Å²) in [6, 6.07) is 14.7. The highest BCUT2D eigenvalue weighted by Crippen LogP contribution is 2.32. The molecule has 4 nitrogen and oxygen atoms in total. The van der Waals surface area contributed by atoms with Crippen LogP contribution in [-0.2, 0) is 0 Å². The molecule has 0 bridgehead atoms. The van der Waals surface area contributed by atoms with Crippen LogP contribution >= 0.6 is 0 Å². The third kappa shape index (κ3) is 2.03. The fraction of sp³-hybridized carbons (Fsp3) is 0.222. The van der Waals surface area contributed by atoms with Gasteiger partial charge in [0.05, 0.1) is 17.9 Å². The summed E-state index contributed by atoms with van der Waals surface area (Å²) in [4.78, 5) is 6.40. The van der Waals surface area contributed by atoms with Crippen molar-refractivity contribution >= 4 is 5.65 Å². The van der Waals surface area contributed by atoms with Crippen LogP contribution in [0.1, 0.15) is 24.6 Å². The van der Waals surface area contributed by atoms with E-state index in [-0.39, 0.29) is 6.04 Å². The van der Waals surface area contributed by atoms with E-state index in [9.17, 15) is 5.26 Å². The number of pyridine rings is 1. The number of nitrogens with zero attached hydrogens (tertiary/aromatic N) is 4. The van der Waals surface area contributed by atoms with Gasteiger partial charge < -0.3 is 9.30 Å². The first kappa shape index (κ1) is 12.9. The molecule has 4 heteroatoms. The molecule has 22 heavy (non-hydrogen) atoms. The van der Waals surface area contributed by atoms with Crippen LogP contribution in [-0.4, -0.2) is 20.8 Å². The van der Waals surface area contributed by atoms with Crippen LogP contribution in [0.3, 0.4) is 0 Å². The molecule has 108 valence electrons. The van der Waals surface area contributed by atoms with E-state index in [1.54, 1.807) is 0 Å². The first-order valence-corrected chi connectivity index (χ1v) is 7.55. The molecule has 0 saturated carbocycles. The summed E-state index contributed by atoms with van der Waals surface area (Å²) in [5.41, 5.74) is 4.39. The van der Waals surface area contributed by atoms with Crippen molar-refractivity contribution in [2.24, 2.45) is 0 Å². The largest absolute Gasteiger partial charge is 0.302 e. The van der Waals surface area contributed by atoms with E-state index in [1.165, 1.54) is 5.56 Å². The number of likely N-dealkylation sites (tertiary alicyclic amines) is 1. The van der Waals surface area contributed by atoms with E-state index in [0.29, 0.717) is 0 Å². The minimum Gasteiger partial charge on any atom is -0.302 e. The maximum atomic E-state index is 9.25. The standard InChI is InChI=1S/C18H16N4/c19-13-21-9-4-7-16(21)17-12-20-18-11-15(8-10-22(17)18)14-5-2-1-3-6-14/h1-3,5-6,8,10-12,16H,4,7,9H2. The molecular weight excluding hydrogens is 272 g/mol. The van der Waals surface area contributed by atoms with Crippen molar-refractivity contribution in [3.63, 3.8) is 0 Å². The van der Waals surface area contributed by atoms with Gasteiger partial charge in [-0.1, -0.05) is 30.3 Å². The van der Waals surface area contributed by atoms with Crippen molar-refractivity contribution in [3.05, 3.63) is 60.6 Å². The van der Waals surface area contributed by atoms with Gasteiger partial charge in [0.2, 0.25) is 0 Å². The van der Waals surface area contributed by atoms with E-state index in [0.717, 1.165) is 36.3 Å². The maximum Gasteiger partial charge on any atom is 0.179 e. The topological polar surface area (TPSA) is 44.3 Å². The highest BCUT2D eigenvalue weighted by molar-refractivity contribution is 5.67. The number of aromatic nitrogens is 2. The van der Waals surface area contributed by atoms with Gasteiger partial charge in [0.25, 0.3) is 0 Å². The Hall–Kier alpha value is -2.80. The SMILES string of the molecule is N#CN1CCCC1c1cnc2cc(-c3ccccc3)ccn12. The summed E-state index contributed by atoms with van der Waals surface area (Å²) in [5.74, 6) is 0. The normalized spacial score (nSPS) is 17.8. The lowest BCUT2D eigenvalue weighted by Gasteiger charge is -2.17. The number of fused-ring (bicyclic) bond motifs is 1. The van der Waals surface area contributed by atoms with Crippen LogP contribution < -0.4 is 0 Å². The monoisotopic (exact) mass is 288 g/mol. The minimum absolute atomic E-state index is 0.155. The van der Waals surface area contributed by atoms with Gasteiger partial charge in [-0.05, 0) is 36.1 Å². The summed E-state index contributed by atoms with van der Waals surface area (Å²) in [5, 5.41) is 9.25. The molecule has 3 heterocycles. The fourth-order valence-corrected chi connectivity index (χ4v) is 3.25. The maximum absolute atomic E-state index is 9.25. The van der Waals surface area contributed by atoms with Crippen LogP contribution in [0, 0.1) is 11.5 Å². The van der Waals surface area contributed by atoms with Crippen molar-refractivity contribution in [2.75, 3.05) is 6.54 Å². The zero-order valence-corrected chi connectivity index (χ0v) is 12.2. The van der Waals surface area contributed by atoms with E-state index in [2.05, 4.69) is 46.0 Å². The summed E-state index contributed by atoms with van der Waals surface area (Å²) in [6.45, 7) is 0.844. The zero-order valence-electron chi connectivity index (χ0n) is 12.2. The minimum atomic E-state index is 0.155. The number of imidazole rings is 1. The number of hydrogen-bond donors (Lipinski definition) is 0. The molecular formula is C18H16N4. The van der Waals surface area contributed by atoms with E-state index >= 15 is 0 Å². The Morgan fingerprint density at radius 2 is 2.00 bits per heavy atom. The second-order valence-corrected chi connectivity index (χ2v) is 5.64. The molecule has 1 fully saturated rings. The number of nitriles is 1. The molecule has 1 aromatic carbocycles. The molecule has 1 unspecified atom stereocenters. The third-order valence-electron chi connectivity index (χ3n) is 4.37. The molecule has 3 aromatic rings. The van der Waals surface area contributed by atoms with Crippen LogP contribution in [0.5, 0.6) is 0 Å². The van der Waals surface area contributed by atoms with Gasteiger partial charge in [0.1, 0.15) is 5.65 Å². The van der Waals surface area contributed by atoms with Crippen molar-refractivity contribution in [1.82, 2.24) is 14.3 Å². The first-order valence-electron chi connectivity index (χ1n) is 7.55. The molecule has 1 saturated heterocycles. The molecule has 0 amide bonds. The number of rotatable bonds is 2. The Morgan fingerprint density at radius 1 is 1.14 bits per heavy atom. The van der Waals surface area contributed by atoms with Crippen LogP contribution in [0.2, 0.25) is 0 Å². The summed E-state index contributed by atoms with van der Waals surface area (Å²) < 4.78 is 2.10. The van der Waals surface area contributed by atoms with E-state index in [1.807, 2.05) is 29.3 Å². The fourth-order valence-electron chi connectivity index (χ4n) is 3.25.